The van der Waals surface area contributed by atoms with Gasteiger partial charge in [-0.2, -0.15) is 0 Å². The van der Waals surface area contributed by atoms with Crippen LogP contribution in [0.25, 0.3) is 0 Å². The van der Waals surface area contributed by atoms with E-state index in [1.807, 2.05) is 0 Å². The van der Waals surface area contributed by atoms with Gasteiger partial charge in [-0.3, -0.25) is 9.59 Å². The number of hydrogen-bond donors (Lipinski definition) is 0. The van der Waals surface area contributed by atoms with Crippen molar-refractivity contribution < 1.29 is 14.0 Å². The molecular formula is C9H7FO2. The molecule has 0 bridgehead atoms. The molecule has 0 spiro atoms. The lowest BCUT2D eigenvalue weighted by molar-refractivity contribution is 0.101. The predicted octanol–water partition coefficient (Wildman–Crippen LogP) is 1.84. The Hall–Kier alpha value is -1.51. The Morgan fingerprint density at radius 1 is 1.42 bits per heavy atom. The molecule has 12 heavy (non-hydrogen) atoms. The van der Waals surface area contributed by atoms with E-state index in [0.29, 0.717) is 6.29 Å². The van der Waals surface area contributed by atoms with Crippen LogP contribution in [0.1, 0.15) is 27.6 Å². The van der Waals surface area contributed by atoms with Crippen molar-refractivity contribution in [3.8, 4) is 0 Å². The zero-order valence-electron chi connectivity index (χ0n) is 6.50. The minimum absolute atomic E-state index is 0.181. The highest BCUT2D eigenvalue weighted by atomic mass is 19.1. The molecule has 0 fully saturated rings. The molecule has 0 radical (unpaired) electrons. The van der Waals surface area contributed by atoms with Gasteiger partial charge in [-0.15, -0.1) is 0 Å². The molecule has 0 aliphatic carbocycles. The molecule has 0 aliphatic heterocycles. The normalized spacial score (nSPS) is 9.50. The van der Waals surface area contributed by atoms with E-state index in [1.165, 1.54) is 13.0 Å². The molecule has 0 atom stereocenters. The van der Waals surface area contributed by atoms with Crippen LogP contribution >= 0.6 is 0 Å². The van der Waals surface area contributed by atoms with Crippen LogP contribution in [0, 0.1) is 5.82 Å². The molecule has 3 heteroatoms. The van der Waals surface area contributed by atoms with Gasteiger partial charge in [0.25, 0.3) is 0 Å². The third-order valence-electron chi connectivity index (χ3n) is 1.46. The monoisotopic (exact) mass is 166 g/mol. The van der Waals surface area contributed by atoms with Crippen LogP contribution in [0.5, 0.6) is 0 Å². The second kappa shape index (κ2) is 3.26. The summed E-state index contributed by atoms with van der Waals surface area (Å²) in [7, 11) is 0. The van der Waals surface area contributed by atoms with Gasteiger partial charge >= 0.3 is 0 Å². The van der Waals surface area contributed by atoms with Gasteiger partial charge in [0.05, 0.1) is 0 Å². The summed E-state index contributed by atoms with van der Waals surface area (Å²) in [6.07, 6.45) is 0.509. The van der Waals surface area contributed by atoms with Crippen molar-refractivity contribution in [1.29, 1.82) is 0 Å². The summed E-state index contributed by atoms with van der Waals surface area (Å²) < 4.78 is 12.7. The molecule has 0 saturated heterocycles. The number of carbonyl (C=O) groups excluding carboxylic acids is 2. The number of ketones is 1. The molecule has 0 amide bonds. The van der Waals surface area contributed by atoms with Gasteiger partial charge in [-0.25, -0.2) is 4.39 Å². The van der Waals surface area contributed by atoms with Gasteiger partial charge in [0.15, 0.2) is 5.78 Å². The van der Waals surface area contributed by atoms with Crippen molar-refractivity contribution in [3.05, 3.63) is 35.1 Å². The van der Waals surface area contributed by atoms with E-state index in [9.17, 15) is 14.0 Å². The van der Waals surface area contributed by atoms with Crippen molar-refractivity contribution >= 4 is 12.1 Å². The van der Waals surface area contributed by atoms with Crippen molar-refractivity contribution in [2.75, 3.05) is 0 Å². The Morgan fingerprint density at radius 2 is 2.08 bits per heavy atom. The SMILES string of the molecule is CC(=O)c1cc(F)cc(C=O)c1. The maximum Gasteiger partial charge on any atom is 0.159 e. The Labute approximate surface area is 69.0 Å². The highest BCUT2D eigenvalue weighted by Crippen LogP contribution is 2.07. The van der Waals surface area contributed by atoms with Gasteiger partial charge < -0.3 is 0 Å². The Morgan fingerprint density at radius 3 is 2.58 bits per heavy atom. The fourth-order valence-corrected chi connectivity index (χ4v) is 0.884. The maximum absolute atomic E-state index is 12.7. The number of carbonyl (C=O) groups is 2. The van der Waals surface area contributed by atoms with E-state index >= 15 is 0 Å². The van der Waals surface area contributed by atoms with Crippen LogP contribution in [-0.4, -0.2) is 12.1 Å². The number of benzene rings is 1. The van der Waals surface area contributed by atoms with Crippen LogP contribution in [0.2, 0.25) is 0 Å². The first-order chi connectivity index (χ1) is 5.63. The van der Waals surface area contributed by atoms with E-state index in [2.05, 4.69) is 0 Å². The van der Waals surface area contributed by atoms with Gasteiger partial charge in [0.2, 0.25) is 0 Å². The van der Waals surface area contributed by atoms with E-state index in [-0.39, 0.29) is 16.9 Å². The van der Waals surface area contributed by atoms with Crippen LogP contribution in [-0.2, 0) is 0 Å². The zero-order valence-corrected chi connectivity index (χ0v) is 6.50. The van der Waals surface area contributed by atoms with Crippen molar-refractivity contribution in [2.24, 2.45) is 0 Å². The van der Waals surface area contributed by atoms with Crippen molar-refractivity contribution in [1.82, 2.24) is 0 Å². The van der Waals surface area contributed by atoms with Crippen molar-refractivity contribution in [2.45, 2.75) is 6.92 Å². The number of hydrogen-bond acceptors (Lipinski definition) is 2. The molecule has 1 aromatic rings. The molecule has 1 aromatic carbocycles. The standard InChI is InChI=1S/C9H7FO2/c1-6(12)8-2-7(5-11)3-9(10)4-8/h2-5H,1H3. The Kier molecular flexibility index (Phi) is 2.33. The average Bonchev–Trinajstić information content (AvgIpc) is 2.03. The number of halogens is 1. The number of Topliss-reactive ketones (excluding diaryl/α,β-unsaturated/α-hetero) is 1. The first-order valence-electron chi connectivity index (χ1n) is 3.40. The Balaban J connectivity index is 3.23. The molecular weight excluding hydrogens is 159 g/mol. The highest BCUT2D eigenvalue weighted by Gasteiger charge is 2.03. The minimum atomic E-state index is -0.565. The first kappa shape index (κ1) is 8.59. The molecule has 0 aromatic heterocycles. The second-order valence-corrected chi connectivity index (χ2v) is 2.45. The molecule has 62 valence electrons. The van der Waals surface area contributed by atoms with Crippen molar-refractivity contribution in [3.63, 3.8) is 0 Å². The third kappa shape index (κ3) is 1.75. The molecule has 0 unspecified atom stereocenters. The second-order valence-electron chi connectivity index (χ2n) is 2.45. The van der Waals surface area contributed by atoms with Crippen LogP contribution < -0.4 is 0 Å². The van der Waals surface area contributed by atoms with Crippen LogP contribution in [0.15, 0.2) is 18.2 Å². The fraction of sp³-hybridized carbons (Fsp3) is 0.111. The maximum atomic E-state index is 12.7. The molecule has 2 nitrogen and oxygen atoms in total. The number of aldehydes is 1. The fourth-order valence-electron chi connectivity index (χ4n) is 0.884. The summed E-state index contributed by atoms with van der Waals surface area (Å²) >= 11 is 0. The molecule has 0 heterocycles. The lowest BCUT2D eigenvalue weighted by atomic mass is 10.1. The number of rotatable bonds is 2. The lowest BCUT2D eigenvalue weighted by Crippen LogP contribution is -1.95. The molecule has 0 aliphatic rings. The summed E-state index contributed by atoms with van der Waals surface area (Å²) in [5, 5.41) is 0. The zero-order chi connectivity index (χ0) is 9.14. The smallest absolute Gasteiger partial charge is 0.159 e. The topological polar surface area (TPSA) is 34.1 Å². The predicted molar refractivity (Wildman–Crippen MR) is 41.8 cm³/mol. The summed E-state index contributed by atoms with van der Waals surface area (Å²) in [4.78, 5) is 21.0. The largest absolute Gasteiger partial charge is 0.298 e. The van der Waals surface area contributed by atoms with E-state index in [0.717, 1.165) is 12.1 Å². The summed E-state index contributed by atoms with van der Waals surface area (Å²) in [5.41, 5.74) is 0.400. The van der Waals surface area contributed by atoms with E-state index in [4.69, 9.17) is 0 Å². The summed E-state index contributed by atoms with van der Waals surface area (Å²) in [6.45, 7) is 1.32. The molecule has 0 N–H and O–H groups in total. The molecule has 0 saturated carbocycles. The third-order valence-corrected chi connectivity index (χ3v) is 1.46. The van der Waals surface area contributed by atoms with Gasteiger partial charge in [0.1, 0.15) is 12.1 Å². The van der Waals surface area contributed by atoms with Gasteiger partial charge in [-0.05, 0) is 25.1 Å². The first-order valence-corrected chi connectivity index (χ1v) is 3.40. The van der Waals surface area contributed by atoms with Gasteiger partial charge in [0, 0.05) is 11.1 Å². The minimum Gasteiger partial charge on any atom is -0.298 e. The van der Waals surface area contributed by atoms with Gasteiger partial charge in [-0.1, -0.05) is 0 Å². The van der Waals surface area contributed by atoms with E-state index in [1.54, 1.807) is 0 Å². The summed E-state index contributed by atoms with van der Waals surface area (Å²) in [5.74, 6) is -0.817. The van der Waals surface area contributed by atoms with Crippen LogP contribution in [0.4, 0.5) is 4.39 Å². The Bertz CT molecular complexity index is 331. The average molecular weight is 166 g/mol. The quantitative estimate of drug-likeness (QED) is 0.496. The molecule has 1 rings (SSSR count). The van der Waals surface area contributed by atoms with Crippen LogP contribution in [0.3, 0.4) is 0 Å². The van der Waals surface area contributed by atoms with E-state index < -0.39 is 5.82 Å². The lowest BCUT2D eigenvalue weighted by Gasteiger charge is -1.96. The summed E-state index contributed by atoms with van der Waals surface area (Å²) in [6, 6.07) is 3.55. The highest BCUT2D eigenvalue weighted by molar-refractivity contribution is 5.95.